The first-order chi connectivity index (χ1) is 16.1. The van der Waals surface area contributed by atoms with Crippen molar-refractivity contribution in [3.8, 4) is 17.9 Å². The lowest BCUT2D eigenvalue weighted by Crippen LogP contribution is -2.34. The fraction of sp³-hybridized carbons (Fsp3) is 0.577. The van der Waals surface area contributed by atoms with E-state index in [0.717, 1.165) is 36.8 Å². The largest absolute Gasteiger partial charge is 0.337 e. The van der Waals surface area contributed by atoms with E-state index in [1.165, 1.54) is 6.20 Å². The van der Waals surface area contributed by atoms with Gasteiger partial charge in [0.05, 0.1) is 11.1 Å². The standard InChI is InChI=1S/C26H30F2N4OS/c1-25(34)10-11-32(17-25)24(33)22-20-12-19(15-29)16-30-23(20)31(2)21(22)9-7-5-3-4-6-8-18-13-26(27,28)14-18/h12,16,18,34H,3-5,7,9-11,13-14,17H2,1-2H3. The number of alkyl halides is 2. The van der Waals surface area contributed by atoms with Crippen LogP contribution in [0.1, 0.15) is 73.5 Å². The van der Waals surface area contributed by atoms with Gasteiger partial charge in [-0.05, 0) is 38.7 Å². The quantitative estimate of drug-likeness (QED) is 0.351. The number of aryl methyl sites for hydroxylation is 1. The topological polar surface area (TPSA) is 61.9 Å². The number of halogens is 2. The highest BCUT2D eigenvalue weighted by Gasteiger charge is 2.44. The summed E-state index contributed by atoms with van der Waals surface area (Å²) >= 11 is 4.68. The second-order valence-electron chi connectivity index (χ2n) is 9.90. The number of aromatic nitrogens is 2. The van der Waals surface area contributed by atoms with E-state index in [0.29, 0.717) is 42.7 Å². The minimum Gasteiger partial charge on any atom is -0.337 e. The van der Waals surface area contributed by atoms with Gasteiger partial charge < -0.3 is 9.47 Å². The molecule has 2 fully saturated rings. The molecule has 1 saturated carbocycles. The summed E-state index contributed by atoms with van der Waals surface area (Å²) in [5, 5.41) is 10.1. The number of carbonyl (C=O) groups is 1. The molecule has 0 N–H and O–H groups in total. The van der Waals surface area contributed by atoms with Crippen LogP contribution in [0.15, 0.2) is 12.3 Å². The number of pyridine rings is 1. The van der Waals surface area contributed by atoms with Crippen molar-refractivity contribution in [3.63, 3.8) is 0 Å². The number of hydrogen-bond acceptors (Lipinski definition) is 4. The maximum atomic E-state index is 13.6. The van der Waals surface area contributed by atoms with Crippen LogP contribution in [-0.4, -0.2) is 44.1 Å². The smallest absolute Gasteiger partial charge is 0.256 e. The molecule has 8 heteroatoms. The van der Waals surface area contributed by atoms with E-state index < -0.39 is 5.92 Å². The molecule has 0 aromatic carbocycles. The zero-order valence-corrected chi connectivity index (χ0v) is 20.6. The van der Waals surface area contributed by atoms with Gasteiger partial charge in [-0.15, -0.1) is 5.92 Å². The molecule has 2 aliphatic rings. The Balaban J connectivity index is 1.45. The number of amides is 1. The van der Waals surface area contributed by atoms with Crippen molar-refractivity contribution in [2.24, 2.45) is 13.0 Å². The zero-order chi connectivity index (χ0) is 24.5. The average molecular weight is 485 g/mol. The van der Waals surface area contributed by atoms with Crippen molar-refractivity contribution in [1.29, 1.82) is 5.26 Å². The molecule has 34 heavy (non-hydrogen) atoms. The highest BCUT2D eigenvalue weighted by atomic mass is 32.1. The van der Waals surface area contributed by atoms with Crippen molar-refractivity contribution in [1.82, 2.24) is 14.5 Å². The summed E-state index contributed by atoms with van der Waals surface area (Å²) in [5.41, 5.74) is 2.70. The summed E-state index contributed by atoms with van der Waals surface area (Å²) in [7, 11) is 1.92. The lowest BCUT2D eigenvalue weighted by Gasteiger charge is -2.31. The first-order valence-corrected chi connectivity index (χ1v) is 12.3. The Kier molecular flexibility index (Phi) is 6.92. The number of thiol groups is 1. The molecule has 1 aliphatic heterocycles. The molecule has 3 heterocycles. The third-order valence-electron chi connectivity index (χ3n) is 6.84. The van der Waals surface area contributed by atoms with Gasteiger partial charge in [0.15, 0.2) is 0 Å². The minimum atomic E-state index is -2.52. The lowest BCUT2D eigenvalue weighted by atomic mass is 9.82. The van der Waals surface area contributed by atoms with Crippen molar-refractivity contribution in [3.05, 3.63) is 29.1 Å². The van der Waals surface area contributed by atoms with Crippen LogP contribution in [0.5, 0.6) is 0 Å². The molecule has 2 aromatic heterocycles. The highest BCUT2D eigenvalue weighted by Crippen LogP contribution is 2.41. The Morgan fingerprint density at radius 3 is 2.74 bits per heavy atom. The summed E-state index contributed by atoms with van der Waals surface area (Å²) in [4.78, 5) is 19.9. The van der Waals surface area contributed by atoms with E-state index >= 15 is 0 Å². The lowest BCUT2D eigenvalue weighted by molar-refractivity contribution is -0.0936. The van der Waals surface area contributed by atoms with E-state index in [2.05, 4.69) is 35.5 Å². The summed E-state index contributed by atoms with van der Waals surface area (Å²) in [5.74, 6) is 3.30. The monoisotopic (exact) mass is 484 g/mol. The minimum absolute atomic E-state index is 0.0292. The number of likely N-dealkylation sites (tertiary alicyclic amines) is 1. The summed E-state index contributed by atoms with van der Waals surface area (Å²) in [6.07, 6.45) is 6.27. The number of hydrogen-bond donors (Lipinski definition) is 1. The molecular weight excluding hydrogens is 454 g/mol. The number of carbonyl (C=O) groups excluding carboxylic acids is 1. The van der Waals surface area contributed by atoms with E-state index in [4.69, 9.17) is 0 Å². The number of fused-ring (bicyclic) bond motifs is 1. The van der Waals surface area contributed by atoms with Crippen molar-refractivity contribution in [2.45, 2.75) is 69.0 Å². The van der Waals surface area contributed by atoms with Gasteiger partial charge in [0.1, 0.15) is 11.7 Å². The van der Waals surface area contributed by atoms with Crippen LogP contribution in [0.3, 0.4) is 0 Å². The molecular formula is C26H30F2N4OS. The van der Waals surface area contributed by atoms with Gasteiger partial charge in [-0.1, -0.05) is 12.3 Å². The number of nitrogens with zero attached hydrogens (tertiary/aromatic N) is 4. The highest BCUT2D eigenvalue weighted by molar-refractivity contribution is 7.81. The molecule has 5 nitrogen and oxygen atoms in total. The summed E-state index contributed by atoms with van der Waals surface area (Å²) in [6, 6.07) is 3.88. The van der Waals surface area contributed by atoms with E-state index in [1.54, 1.807) is 6.07 Å². The SMILES string of the molecule is Cn1c(CCCCCC#CC2CC(F)(F)C2)c(C(=O)N2CCC(C)(S)C2)c2cc(C#N)cnc21. The van der Waals surface area contributed by atoms with Crippen molar-refractivity contribution >= 4 is 29.6 Å². The van der Waals surface area contributed by atoms with Crippen LogP contribution < -0.4 is 0 Å². The first kappa shape index (κ1) is 24.5. The molecule has 2 aromatic rings. The van der Waals surface area contributed by atoms with Gasteiger partial charge in [-0.2, -0.15) is 17.9 Å². The molecule has 1 amide bonds. The molecule has 1 aliphatic carbocycles. The van der Waals surface area contributed by atoms with Gasteiger partial charge in [-0.3, -0.25) is 4.79 Å². The molecule has 1 saturated heterocycles. The maximum Gasteiger partial charge on any atom is 0.256 e. The van der Waals surface area contributed by atoms with Gasteiger partial charge in [0.2, 0.25) is 0 Å². The van der Waals surface area contributed by atoms with Crippen molar-refractivity contribution < 1.29 is 13.6 Å². The maximum absolute atomic E-state index is 13.6. The van der Waals surface area contributed by atoms with Crippen LogP contribution in [0.4, 0.5) is 8.78 Å². The van der Waals surface area contributed by atoms with Crippen molar-refractivity contribution in [2.75, 3.05) is 13.1 Å². The number of rotatable bonds is 6. The third-order valence-corrected chi connectivity index (χ3v) is 7.21. The normalized spacial score (nSPS) is 21.7. The fourth-order valence-corrected chi connectivity index (χ4v) is 5.16. The van der Waals surface area contributed by atoms with Crippen LogP contribution in [0.25, 0.3) is 11.0 Å². The van der Waals surface area contributed by atoms with E-state index in [1.807, 2.05) is 23.4 Å². The second-order valence-corrected chi connectivity index (χ2v) is 11.0. The second kappa shape index (κ2) is 9.58. The van der Waals surface area contributed by atoms with Gasteiger partial charge in [0.25, 0.3) is 11.8 Å². The number of nitriles is 1. The fourth-order valence-electron chi connectivity index (χ4n) is 4.89. The van der Waals surface area contributed by atoms with E-state index in [9.17, 15) is 18.8 Å². The summed E-state index contributed by atoms with van der Waals surface area (Å²) in [6.45, 7) is 3.29. The zero-order valence-electron chi connectivity index (χ0n) is 19.7. The van der Waals surface area contributed by atoms with Gasteiger partial charge >= 0.3 is 0 Å². The molecule has 1 atom stereocenters. The molecule has 0 radical (unpaired) electrons. The third kappa shape index (κ3) is 5.23. The van der Waals surface area contributed by atoms with E-state index in [-0.39, 0.29) is 29.4 Å². The molecule has 1 unspecified atom stereocenters. The number of unbranched alkanes of at least 4 members (excludes halogenated alkanes) is 3. The predicted octanol–water partition coefficient (Wildman–Crippen LogP) is 5.13. The van der Waals surface area contributed by atoms with Crippen LogP contribution >= 0.6 is 12.6 Å². The molecule has 4 rings (SSSR count). The van der Waals surface area contributed by atoms with Crippen LogP contribution in [0, 0.1) is 29.1 Å². The van der Waals surface area contributed by atoms with Gasteiger partial charge in [0, 0.05) is 67.3 Å². The Hall–Kier alpha value is -2.58. The van der Waals surface area contributed by atoms with Crippen LogP contribution in [-0.2, 0) is 13.5 Å². The van der Waals surface area contributed by atoms with Gasteiger partial charge in [-0.25, -0.2) is 13.8 Å². The Labute approximate surface area is 204 Å². The Bertz CT molecular complexity index is 1190. The van der Waals surface area contributed by atoms with Crippen LogP contribution in [0.2, 0.25) is 0 Å². The first-order valence-electron chi connectivity index (χ1n) is 11.9. The predicted molar refractivity (Wildman–Crippen MR) is 131 cm³/mol. The molecule has 0 spiro atoms. The average Bonchev–Trinajstić information content (AvgIpc) is 3.27. The molecule has 180 valence electrons. The molecule has 0 bridgehead atoms. The Morgan fingerprint density at radius 2 is 2.09 bits per heavy atom. The Morgan fingerprint density at radius 1 is 1.32 bits per heavy atom. The summed E-state index contributed by atoms with van der Waals surface area (Å²) < 4.78 is 27.5.